The number of carbonyl (C=O) groups is 1. The highest BCUT2D eigenvalue weighted by atomic mass is 32.2. The fourth-order valence-electron chi connectivity index (χ4n) is 3.32. The molecule has 0 spiro atoms. The highest BCUT2D eigenvalue weighted by Crippen LogP contribution is 2.39. The summed E-state index contributed by atoms with van der Waals surface area (Å²) in [5, 5.41) is 0. The normalized spacial score (nSPS) is 13.1. The van der Waals surface area contributed by atoms with Crippen LogP contribution in [0.4, 0.5) is 15.8 Å². The number of benzene rings is 3. The summed E-state index contributed by atoms with van der Waals surface area (Å²) in [5.74, 6) is -0.130. The first-order chi connectivity index (χ1) is 14.4. The number of nitrogens with one attached hydrogen (secondary N) is 1. The predicted molar refractivity (Wildman–Crippen MR) is 113 cm³/mol. The lowest BCUT2D eigenvalue weighted by molar-refractivity contribution is 0.0988. The third-order valence-corrected chi connectivity index (χ3v) is 5.95. The average Bonchev–Trinajstić information content (AvgIpc) is 2.83. The van der Waals surface area contributed by atoms with Crippen molar-refractivity contribution in [3.8, 4) is 11.5 Å². The zero-order valence-corrected chi connectivity index (χ0v) is 16.9. The molecule has 3 aromatic rings. The van der Waals surface area contributed by atoms with Gasteiger partial charge in [0.2, 0.25) is 10.0 Å². The van der Waals surface area contributed by atoms with Gasteiger partial charge in [-0.15, -0.1) is 0 Å². The first-order valence-corrected chi connectivity index (χ1v) is 11.0. The average molecular weight is 426 g/mol. The maximum atomic E-state index is 13.1. The number of anilines is 2. The molecule has 0 radical (unpaired) electrons. The lowest BCUT2D eigenvalue weighted by Crippen LogP contribution is -2.29. The number of sulfonamides is 1. The van der Waals surface area contributed by atoms with E-state index in [4.69, 9.17) is 4.74 Å². The quantitative estimate of drug-likeness (QED) is 0.650. The Morgan fingerprint density at radius 3 is 2.47 bits per heavy atom. The van der Waals surface area contributed by atoms with Gasteiger partial charge in [0.05, 0.1) is 17.0 Å². The summed E-state index contributed by atoms with van der Waals surface area (Å²) in [6.45, 7) is 2.29. The van der Waals surface area contributed by atoms with Crippen molar-refractivity contribution >= 4 is 27.3 Å². The second-order valence-electron chi connectivity index (χ2n) is 6.82. The van der Waals surface area contributed by atoms with Gasteiger partial charge in [-0.05, 0) is 55.0 Å². The molecule has 0 aliphatic carbocycles. The highest BCUT2D eigenvalue weighted by molar-refractivity contribution is 7.91. The van der Waals surface area contributed by atoms with Gasteiger partial charge in [0.15, 0.2) is 5.75 Å². The molecule has 30 heavy (non-hydrogen) atoms. The summed E-state index contributed by atoms with van der Waals surface area (Å²) < 4.78 is 46.5. The Morgan fingerprint density at radius 1 is 1.00 bits per heavy atom. The van der Waals surface area contributed by atoms with Crippen molar-refractivity contribution in [2.24, 2.45) is 0 Å². The maximum absolute atomic E-state index is 13.1. The van der Waals surface area contributed by atoms with Crippen LogP contribution in [0.2, 0.25) is 0 Å². The molecule has 3 aromatic carbocycles. The molecule has 0 atom stereocenters. The zero-order valence-electron chi connectivity index (χ0n) is 16.1. The first-order valence-electron chi connectivity index (χ1n) is 9.34. The molecule has 154 valence electrons. The van der Waals surface area contributed by atoms with Crippen molar-refractivity contribution in [3.05, 3.63) is 83.7 Å². The summed E-state index contributed by atoms with van der Waals surface area (Å²) in [7, 11) is -3.76. The molecular formula is C22H19FN2O4S. The van der Waals surface area contributed by atoms with Crippen molar-refractivity contribution in [1.29, 1.82) is 0 Å². The maximum Gasteiger partial charge on any atom is 0.262 e. The second-order valence-corrected chi connectivity index (χ2v) is 8.54. The van der Waals surface area contributed by atoms with Gasteiger partial charge in [-0.25, -0.2) is 12.8 Å². The zero-order chi connectivity index (χ0) is 21.3. The highest BCUT2D eigenvalue weighted by Gasteiger charge is 2.27. The molecule has 0 aromatic heterocycles. The Morgan fingerprint density at radius 2 is 1.73 bits per heavy atom. The van der Waals surface area contributed by atoms with Crippen LogP contribution in [0.5, 0.6) is 11.5 Å². The topological polar surface area (TPSA) is 75.7 Å². The molecule has 1 aliphatic rings. The smallest absolute Gasteiger partial charge is 0.262 e. The van der Waals surface area contributed by atoms with E-state index in [0.29, 0.717) is 29.3 Å². The summed E-state index contributed by atoms with van der Waals surface area (Å²) in [6.07, 6.45) is 0. The minimum Gasteiger partial charge on any atom is -0.454 e. The van der Waals surface area contributed by atoms with Crippen molar-refractivity contribution in [2.75, 3.05) is 16.2 Å². The molecule has 0 saturated heterocycles. The molecule has 0 unspecified atom stereocenters. The van der Waals surface area contributed by atoms with Crippen LogP contribution in [0.25, 0.3) is 0 Å². The van der Waals surface area contributed by atoms with Gasteiger partial charge in [0.25, 0.3) is 5.91 Å². The van der Waals surface area contributed by atoms with Gasteiger partial charge in [0.1, 0.15) is 11.6 Å². The molecule has 0 fully saturated rings. The minimum absolute atomic E-state index is 0.245. The summed E-state index contributed by atoms with van der Waals surface area (Å²) in [6, 6.07) is 17.0. The van der Waals surface area contributed by atoms with E-state index >= 15 is 0 Å². The molecule has 6 nitrogen and oxygen atoms in total. The molecule has 1 N–H and O–H groups in total. The van der Waals surface area contributed by atoms with E-state index < -0.39 is 15.8 Å². The number of rotatable bonds is 5. The predicted octanol–water partition coefficient (Wildman–Crippen LogP) is 4.54. The third kappa shape index (κ3) is 3.99. The van der Waals surface area contributed by atoms with E-state index in [1.54, 1.807) is 29.2 Å². The number of nitrogens with zero attached hydrogens (tertiary/aromatic N) is 1. The molecule has 4 rings (SSSR count). The van der Waals surface area contributed by atoms with E-state index in [1.165, 1.54) is 30.3 Å². The number of carbonyl (C=O) groups excluding carboxylic acids is 1. The van der Waals surface area contributed by atoms with Gasteiger partial charge in [-0.2, -0.15) is 0 Å². The molecule has 8 heteroatoms. The summed E-state index contributed by atoms with van der Waals surface area (Å²) in [4.78, 5) is 14.7. The van der Waals surface area contributed by atoms with E-state index in [-0.39, 0.29) is 22.9 Å². The van der Waals surface area contributed by atoms with Crippen LogP contribution in [0, 0.1) is 5.82 Å². The molecule has 0 bridgehead atoms. The Kier molecular flexibility index (Phi) is 5.17. The molecule has 1 aliphatic heterocycles. The van der Waals surface area contributed by atoms with E-state index in [2.05, 4.69) is 4.72 Å². The van der Waals surface area contributed by atoms with Gasteiger partial charge in [-0.1, -0.05) is 24.3 Å². The number of amides is 1. The number of fused-ring (bicyclic) bond motifs is 2. The first kappa shape index (κ1) is 19.9. The van der Waals surface area contributed by atoms with Crippen molar-refractivity contribution < 1.29 is 22.3 Å². The number of ether oxygens (including phenoxy) is 1. The lowest BCUT2D eigenvalue weighted by atomic mass is 10.1. The Labute approximate surface area is 174 Å². The second kappa shape index (κ2) is 7.79. The van der Waals surface area contributed by atoms with Crippen LogP contribution in [-0.4, -0.2) is 20.9 Å². The van der Waals surface area contributed by atoms with Crippen molar-refractivity contribution in [1.82, 2.24) is 0 Å². The van der Waals surface area contributed by atoms with E-state index in [0.717, 1.165) is 0 Å². The van der Waals surface area contributed by atoms with Crippen molar-refractivity contribution in [2.45, 2.75) is 12.7 Å². The van der Waals surface area contributed by atoms with E-state index in [1.807, 2.05) is 19.1 Å². The summed E-state index contributed by atoms with van der Waals surface area (Å²) >= 11 is 0. The standard InChI is InChI=1S/C22H19FN2O4S/c1-2-25-19-5-3-4-6-21(19)29-20-12-11-17(13-18(20)22(25)26)24-30(27,28)14-15-7-9-16(23)10-8-15/h3-13,24H,2,14H2,1H3. The number of halogens is 1. The lowest BCUT2D eigenvalue weighted by Gasteiger charge is -2.20. The Balaban J connectivity index is 1.63. The Hall–Kier alpha value is -3.39. The van der Waals surface area contributed by atoms with Crippen LogP contribution < -0.4 is 14.4 Å². The monoisotopic (exact) mass is 426 g/mol. The molecule has 1 heterocycles. The van der Waals surface area contributed by atoms with Crippen LogP contribution >= 0.6 is 0 Å². The summed E-state index contributed by atoms with van der Waals surface area (Å²) in [5.41, 5.74) is 1.61. The van der Waals surface area contributed by atoms with Gasteiger partial charge >= 0.3 is 0 Å². The Bertz CT molecular complexity index is 1210. The van der Waals surface area contributed by atoms with Crippen LogP contribution in [0.15, 0.2) is 66.7 Å². The van der Waals surface area contributed by atoms with Gasteiger partial charge < -0.3 is 9.64 Å². The van der Waals surface area contributed by atoms with Gasteiger partial charge in [0, 0.05) is 12.2 Å². The van der Waals surface area contributed by atoms with Crippen molar-refractivity contribution in [3.63, 3.8) is 0 Å². The SMILES string of the molecule is CCN1C(=O)c2cc(NS(=O)(=O)Cc3ccc(F)cc3)ccc2Oc2ccccc21. The van der Waals surface area contributed by atoms with E-state index in [9.17, 15) is 17.6 Å². The number of hydrogen-bond donors (Lipinski definition) is 1. The molecular weight excluding hydrogens is 407 g/mol. The molecule has 0 saturated carbocycles. The third-order valence-electron chi connectivity index (χ3n) is 4.69. The van der Waals surface area contributed by atoms with Gasteiger partial charge in [-0.3, -0.25) is 9.52 Å². The largest absolute Gasteiger partial charge is 0.454 e. The van der Waals surface area contributed by atoms with Crippen LogP contribution in [-0.2, 0) is 15.8 Å². The minimum atomic E-state index is -3.76. The van der Waals surface area contributed by atoms with Crippen LogP contribution in [0.1, 0.15) is 22.8 Å². The fraction of sp³-hybridized carbons (Fsp3) is 0.136. The number of hydrogen-bond acceptors (Lipinski definition) is 4. The molecule has 1 amide bonds. The van der Waals surface area contributed by atoms with Crippen LogP contribution in [0.3, 0.4) is 0 Å². The fourth-order valence-corrected chi connectivity index (χ4v) is 4.51. The number of para-hydroxylation sites is 2.